The summed E-state index contributed by atoms with van der Waals surface area (Å²) in [4.78, 5) is 43.3. The van der Waals surface area contributed by atoms with Gasteiger partial charge in [0.2, 0.25) is 0 Å². The summed E-state index contributed by atoms with van der Waals surface area (Å²) in [6, 6.07) is 5.49. The molecule has 1 aliphatic heterocycles. The van der Waals surface area contributed by atoms with Crippen LogP contribution in [0.1, 0.15) is 82.9 Å². The van der Waals surface area contributed by atoms with Crippen LogP contribution >= 0.6 is 0 Å². The summed E-state index contributed by atoms with van der Waals surface area (Å²) < 4.78 is 0. The number of unbranched alkanes of at least 4 members (excludes halogenated alkanes) is 1. The fourth-order valence-electron chi connectivity index (χ4n) is 4.28. The standard InChI is InChI=1S/C23H33N3O3/c1-4-5-13-26-22(28)19-12-11-17(16-20(19)23(26)29)21(27)25(3)15-14-24(2)18-9-7-6-8-10-18/h11-12,16,18H,4-10,13-15H2,1-3H3. The van der Waals surface area contributed by atoms with E-state index in [0.717, 1.165) is 19.4 Å². The molecule has 158 valence electrons. The van der Waals surface area contributed by atoms with Gasteiger partial charge in [0, 0.05) is 38.3 Å². The van der Waals surface area contributed by atoms with Crippen LogP contribution in [0.3, 0.4) is 0 Å². The smallest absolute Gasteiger partial charge is 0.261 e. The molecule has 0 radical (unpaired) electrons. The maximum Gasteiger partial charge on any atom is 0.261 e. The van der Waals surface area contributed by atoms with Gasteiger partial charge in [-0.1, -0.05) is 32.6 Å². The van der Waals surface area contributed by atoms with Crippen molar-refractivity contribution in [3.63, 3.8) is 0 Å². The second kappa shape index (κ2) is 9.53. The average Bonchev–Trinajstić information content (AvgIpc) is 2.99. The van der Waals surface area contributed by atoms with Crippen molar-refractivity contribution in [3.05, 3.63) is 34.9 Å². The Morgan fingerprint density at radius 3 is 2.41 bits per heavy atom. The molecule has 0 bridgehead atoms. The largest absolute Gasteiger partial charge is 0.340 e. The Morgan fingerprint density at radius 1 is 1.03 bits per heavy atom. The van der Waals surface area contributed by atoms with Gasteiger partial charge in [-0.2, -0.15) is 0 Å². The highest BCUT2D eigenvalue weighted by Crippen LogP contribution is 2.25. The summed E-state index contributed by atoms with van der Waals surface area (Å²) in [5, 5.41) is 0. The number of hydrogen-bond donors (Lipinski definition) is 0. The van der Waals surface area contributed by atoms with Gasteiger partial charge in [-0.3, -0.25) is 19.3 Å². The molecule has 0 atom stereocenters. The number of rotatable bonds is 8. The van der Waals surface area contributed by atoms with Gasteiger partial charge in [0.15, 0.2) is 0 Å². The summed E-state index contributed by atoms with van der Waals surface area (Å²) in [6.45, 7) is 3.93. The van der Waals surface area contributed by atoms with Crippen LogP contribution in [0.4, 0.5) is 0 Å². The molecule has 6 nitrogen and oxygen atoms in total. The van der Waals surface area contributed by atoms with Crippen LogP contribution in [0, 0.1) is 0 Å². The van der Waals surface area contributed by atoms with Crippen molar-refractivity contribution >= 4 is 17.7 Å². The van der Waals surface area contributed by atoms with Gasteiger partial charge in [0.25, 0.3) is 17.7 Å². The summed E-state index contributed by atoms with van der Waals surface area (Å²) >= 11 is 0. The molecule has 3 amide bonds. The van der Waals surface area contributed by atoms with Crippen LogP contribution in [0.25, 0.3) is 0 Å². The molecule has 1 aromatic carbocycles. The van der Waals surface area contributed by atoms with Gasteiger partial charge in [0.05, 0.1) is 11.1 Å². The highest BCUT2D eigenvalue weighted by Gasteiger charge is 2.35. The van der Waals surface area contributed by atoms with Crippen molar-refractivity contribution < 1.29 is 14.4 Å². The Labute approximate surface area is 173 Å². The summed E-state index contributed by atoms with van der Waals surface area (Å²) in [5.41, 5.74) is 1.22. The number of carbonyl (C=O) groups excluding carboxylic acids is 3. The van der Waals surface area contributed by atoms with Crippen LogP contribution < -0.4 is 0 Å². The van der Waals surface area contributed by atoms with Crippen LogP contribution in [0.2, 0.25) is 0 Å². The second-order valence-corrected chi connectivity index (χ2v) is 8.38. The quantitative estimate of drug-likeness (QED) is 0.629. The van der Waals surface area contributed by atoms with Gasteiger partial charge in [0.1, 0.15) is 0 Å². The Kier molecular flexibility index (Phi) is 7.06. The lowest BCUT2D eigenvalue weighted by Gasteiger charge is -2.32. The number of imide groups is 1. The first-order chi connectivity index (χ1) is 13.9. The van der Waals surface area contributed by atoms with E-state index in [1.165, 1.54) is 37.0 Å². The zero-order valence-electron chi connectivity index (χ0n) is 17.9. The molecule has 0 spiro atoms. The third-order valence-corrected chi connectivity index (χ3v) is 6.29. The van der Waals surface area contributed by atoms with Crippen LogP contribution in [0.15, 0.2) is 18.2 Å². The molecular weight excluding hydrogens is 366 g/mol. The minimum atomic E-state index is -0.284. The van der Waals surface area contributed by atoms with Gasteiger partial charge in [-0.15, -0.1) is 0 Å². The maximum absolute atomic E-state index is 12.9. The van der Waals surface area contributed by atoms with Gasteiger partial charge in [-0.25, -0.2) is 0 Å². The average molecular weight is 400 g/mol. The lowest BCUT2D eigenvalue weighted by Crippen LogP contribution is -2.40. The number of nitrogens with zero attached hydrogens (tertiary/aromatic N) is 3. The Balaban J connectivity index is 1.62. The van der Waals surface area contributed by atoms with E-state index < -0.39 is 0 Å². The van der Waals surface area contributed by atoms with Crippen LogP contribution in [-0.4, -0.2) is 72.2 Å². The molecule has 3 rings (SSSR count). The number of likely N-dealkylation sites (N-methyl/N-ethyl adjacent to an activating group) is 2. The molecule has 0 aromatic heterocycles. The lowest BCUT2D eigenvalue weighted by molar-refractivity contribution is 0.0652. The Morgan fingerprint density at radius 2 is 1.72 bits per heavy atom. The van der Waals surface area contributed by atoms with Crippen LogP contribution in [-0.2, 0) is 0 Å². The lowest BCUT2D eigenvalue weighted by atomic mass is 9.94. The second-order valence-electron chi connectivity index (χ2n) is 8.38. The molecule has 2 aliphatic rings. The fraction of sp³-hybridized carbons (Fsp3) is 0.609. The molecule has 1 aromatic rings. The van der Waals surface area contributed by atoms with E-state index in [1.54, 1.807) is 30.1 Å². The predicted molar refractivity (Wildman–Crippen MR) is 113 cm³/mol. The highest BCUT2D eigenvalue weighted by molar-refractivity contribution is 6.22. The molecule has 1 fully saturated rings. The van der Waals surface area contributed by atoms with E-state index in [1.807, 2.05) is 6.92 Å². The van der Waals surface area contributed by atoms with Crippen molar-refractivity contribution in [2.75, 3.05) is 33.7 Å². The van der Waals surface area contributed by atoms with E-state index in [-0.39, 0.29) is 17.7 Å². The van der Waals surface area contributed by atoms with E-state index >= 15 is 0 Å². The minimum Gasteiger partial charge on any atom is -0.340 e. The first-order valence-corrected chi connectivity index (χ1v) is 10.9. The molecule has 0 N–H and O–H groups in total. The third kappa shape index (κ3) is 4.69. The number of benzene rings is 1. The fourth-order valence-corrected chi connectivity index (χ4v) is 4.28. The van der Waals surface area contributed by atoms with E-state index in [4.69, 9.17) is 0 Å². The molecular formula is C23H33N3O3. The normalized spacial score (nSPS) is 17.2. The number of fused-ring (bicyclic) bond motifs is 1. The van der Waals surface area contributed by atoms with Gasteiger partial charge < -0.3 is 9.80 Å². The Bertz CT molecular complexity index is 771. The predicted octanol–water partition coefficient (Wildman–Crippen LogP) is 3.42. The van der Waals surface area contributed by atoms with Crippen molar-refractivity contribution in [1.29, 1.82) is 0 Å². The van der Waals surface area contributed by atoms with Crippen molar-refractivity contribution in [1.82, 2.24) is 14.7 Å². The van der Waals surface area contributed by atoms with Gasteiger partial charge >= 0.3 is 0 Å². The zero-order valence-corrected chi connectivity index (χ0v) is 17.9. The SMILES string of the molecule is CCCCN1C(=O)c2ccc(C(=O)N(C)CCN(C)C3CCCCC3)cc2C1=O. The zero-order chi connectivity index (χ0) is 21.0. The summed E-state index contributed by atoms with van der Waals surface area (Å²) in [6.07, 6.45) is 8.10. The topological polar surface area (TPSA) is 60.9 Å². The van der Waals surface area contributed by atoms with Crippen LogP contribution in [0.5, 0.6) is 0 Å². The summed E-state index contributed by atoms with van der Waals surface area (Å²) in [5.74, 6) is -0.648. The number of amides is 3. The molecule has 0 unspecified atom stereocenters. The molecule has 29 heavy (non-hydrogen) atoms. The number of hydrogen-bond acceptors (Lipinski definition) is 4. The molecule has 1 aliphatic carbocycles. The molecule has 1 saturated carbocycles. The molecule has 6 heteroatoms. The van der Waals surface area contributed by atoms with Gasteiger partial charge in [-0.05, 0) is 44.5 Å². The monoisotopic (exact) mass is 399 g/mol. The first kappa shape index (κ1) is 21.5. The van der Waals surface area contributed by atoms with Crippen molar-refractivity contribution in [2.24, 2.45) is 0 Å². The highest BCUT2D eigenvalue weighted by atomic mass is 16.2. The third-order valence-electron chi connectivity index (χ3n) is 6.29. The van der Waals surface area contributed by atoms with E-state index in [0.29, 0.717) is 35.8 Å². The van der Waals surface area contributed by atoms with Crippen molar-refractivity contribution in [2.45, 2.75) is 57.9 Å². The van der Waals surface area contributed by atoms with E-state index in [9.17, 15) is 14.4 Å². The summed E-state index contributed by atoms with van der Waals surface area (Å²) in [7, 11) is 3.93. The molecule has 0 saturated heterocycles. The first-order valence-electron chi connectivity index (χ1n) is 10.9. The minimum absolute atomic E-state index is 0.114. The molecule has 1 heterocycles. The van der Waals surface area contributed by atoms with Crippen molar-refractivity contribution in [3.8, 4) is 0 Å². The Hall–Kier alpha value is -2.21. The van der Waals surface area contributed by atoms with E-state index in [2.05, 4.69) is 11.9 Å². The maximum atomic E-state index is 12.9. The number of carbonyl (C=O) groups is 3.